The second kappa shape index (κ2) is 5.01. The number of halogens is 3. The molecule has 1 aromatic rings. The molecule has 1 atom stereocenters. The van der Waals surface area contributed by atoms with Gasteiger partial charge >= 0.3 is 5.97 Å². The van der Waals surface area contributed by atoms with Crippen LogP contribution in [0.3, 0.4) is 0 Å². The molecule has 0 bridgehead atoms. The van der Waals surface area contributed by atoms with Gasteiger partial charge in [-0.25, -0.2) is 13.2 Å². The lowest BCUT2D eigenvalue weighted by Crippen LogP contribution is -2.08. The van der Waals surface area contributed by atoms with E-state index in [0.717, 1.165) is 6.07 Å². The fraction of sp³-hybridized carbons (Fsp3) is 0.364. The average molecular weight is 232 g/mol. The van der Waals surface area contributed by atoms with E-state index in [1.54, 1.807) is 6.92 Å². The van der Waals surface area contributed by atoms with Gasteiger partial charge in [-0.05, 0) is 24.0 Å². The van der Waals surface area contributed by atoms with Crippen molar-refractivity contribution in [2.24, 2.45) is 5.92 Å². The molecule has 0 saturated heterocycles. The second-order valence-corrected chi connectivity index (χ2v) is 3.76. The predicted molar refractivity (Wildman–Crippen MR) is 51.4 cm³/mol. The number of hydrogen-bond donors (Lipinski definition) is 1. The highest BCUT2D eigenvalue weighted by Crippen LogP contribution is 2.18. The third-order valence-corrected chi connectivity index (χ3v) is 2.18. The van der Waals surface area contributed by atoms with Crippen molar-refractivity contribution in [3.63, 3.8) is 0 Å². The normalized spacial score (nSPS) is 12.5. The number of benzene rings is 1. The van der Waals surface area contributed by atoms with Crippen molar-refractivity contribution in [2.45, 2.75) is 19.8 Å². The van der Waals surface area contributed by atoms with Gasteiger partial charge < -0.3 is 5.11 Å². The molecule has 0 aliphatic heterocycles. The molecule has 0 heterocycles. The minimum absolute atomic E-state index is 0.00681. The third-order valence-electron chi connectivity index (χ3n) is 2.18. The fourth-order valence-electron chi connectivity index (χ4n) is 1.47. The van der Waals surface area contributed by atoms with Gasteiger partial charge in [0.15, 0.2) is 11.6 Å². The van der Waals surface area contributed by atoms with Crippen LogP contribution in [0.4, 0.5) is 13.2 Å². The SMILES string of the molecule is C[C@H](CC(=O)O)Cc1cc(F)c(F)cc1F. The average Bonchev–Trinajstić information content (AvgIpc) is 2.12. The first-order valence-corrected chi connectivity index (χ1v) is 4.75. The van der Waals surface area contributed by atoms with Crippen molar-refractivity contribution in [1.82, 2.24) is 0 Å². The van der Waals surface area contributed by atoms with E-state index in [1.807, 2.05) is 0 Å². The minimum atomic E-state index is -1.24. The van der Waals surface area contributed by atoms with Gasteiger partial charge in [0.25, 0.3) is 0 Å². The monoisotopic (exact) mass is 232 g/mol. The van der Waals surface area contributed by atoms with E-state index in [0.29, 0.717) is 6.07 Å². The first-order valence-electron chi connectivity index (χ1n) is 4.75. The molecular weight excluding hydrogens is 221 g/mol. The van der Waals surface area contributed by atoms with Gasteiger partial charge in [-0.2, -0.15) is 0 Å². The molecule has 0 aromatic heterocycles. The molecule has 0 aliphatic rings. The lowest BCUT2D eigenvalue weighted by molar-refractivity contribution is -0.137. The van der Waals surface area contributed by atoms with Crippen LogP contribution in [0.5, 0.6) is 0 Å². The van der Waals surface area contributed by atoms with Crippen LogP contribution in [0.15, 0.2) is 12.1 Å². The van der Waals surface area contributed by atoms with Crippen LogP contribution in [-0.4, -0.2) is 11.1 Å². The quantitative estimate of drug-likeness (QED) is 0.810. The van der Waals surface area contributed by atoms with E-state index in [4.69, 9.17) is 5.11 Å². The smallest absolute Gasteiger partial charge is 0.303 e. The van der Waals surface area contributed by atoms with E-state index in [-0.39, 0.29) is 24.3 Å². The lowest BCUT2D eigenvalue weighted by atomic mass is 9.97. The summed E-state index contributed by atoms with van der Waals surface area (Å²) in [5.74, 6) is -4.56. The fourth-order valence-corrected chi connectivity index (χ4v) is 1.47. The number of carboxylic acid groups (broad SMARTS) is 1. The molecule has 1 rings (SSSR count). The minimum Gasteiger partial charge on any atom is -0.481 e. The Kier molecular flexibility index (Phi) is 3.93. The Hall–Kier alpha value is -1.52. The molecule has 1 aromatic carbocycles. The summed E-state index contributed by atoms with van der Waals surface area (Å²) in [7, 11) is 0. The number of carboxylic acids is 1. The summed E-state index contributed by atoms with van der Waals surface area (Å²) in [6, 6.07) is 1.24. The molecule has 0 aliphatic carbocycles. The first-order chi connectivity index (χ1) is 7.40. The largest absolute Gasteiger partial charge is 0.481 e. The standard InChI is InChI=1S/C11H11F3O2/c1-6(3-11(15)16)2-7-4-9(13)10(14)5-8(7)12/h4-6H,2-3H2,1H3,(H,15,16)/t6-/m0/s1. The molecule has 0 saturated carbocycles. The van der Waals surface area contributed by atoms with Crippen molar-refractivity contribution in [3.05, 3.63) is 35.1 Å². The van der Waals surface area contributed by atoms with E-state index < -0.39 is 23.4 Å². The lowest BCUT2D eigenvalue weighted by Gasteiger charge is -2.09. The number of carbonyl (C=O) groups is 1. The molecule has 0 spiro atoms. The summed E-state index contributed by atoms with van der Waals surface area (Å²) in [6.07, 6.45) is -0.0756. The van der Waals surface area contributed by atoms with Gasteiger partial charge in [0.05, 0.1) is 0 Å². The van der Waals surface area contributed by atoms with Crippen LogP contribution >= 0.6 is 0 Å². The van der Waals surface area contributed by atoms with Gasteiger partial charge in [-0.3, -0.25) is 4.79 Å². The number of rotatable bonds is 4. The van der Waals surface area contributed by atoms with Gasteiger partial charge in [-0.15, -0.1) is 0 Å². The third kappa shape index (κ3) is 3.25. The van der Waals surface area contributed by atoms with Crippen molar-refractivity contribution in [2.75, 3.05) is 0 Å². The second-order valence-electron chi connectivity index (χ2n) is 3.76. The Morgan fingerprint density at radius 2 is 1.81 bits per heavy atom. The van der Waals surface area contributed by atoms with Crippen molar-refractivity contribution >= 4 is 5.97 Å². The Balaban J connectivity index is 2.81. The van der Waals surface area contributed by atoms with Crippen LogP contribution in [0.25, 0.3) is 0 Å². The Labute approximate surface area is 90.7 Å². The molecule has 0 fully saturated rings. The summed E-state index contributed by atoms with van der Waals surface area (Å²) < 4.78 is 38.6. The van der Waals surface area contributed by atoms with Crippen LogP contribution in [0, 0.1) is 23.4 Å². The highest BCUT2D eigenvalue weighted by Gasteiger charge is 2.14. The molecule has 2 nitrogen and oxygen atoms in total. The van der Waals surface area contributed by atoms with E-state index in [2.05, 4.69) is 0 Å². The summed E-state index contributed by atoms with van der Waals surface area (Å²) >= 11 is 0. The first kappa shape index (κ1) is 12.5. The van der Waals surface area contributed by atoms with Crippen molar-refractivity contribution in [3.8, 4) is 0 Å². The maximum Gasteiger partial charge on any atom is 0.303 e. The molecule has 16 heavy (non-hydrogen) atoms. The summed E-state index contributed by atoms with van der Waals surface area (Å²) in [6.45, 7) is 1.61. The van der Waals surface area contributed by atoms with Gasteiger partial charge in [-0.1, -0.05) is 6.92 Å². The maximum atomic E-state index is 13.2. The molecule has 1 N–H and O–H groups in total. The van der Waals surface area contributed by atoms with Gasteiger partial charge in [0.1, 0.15) is 5.82 Å². The highest BCUT2D eigenvalue weighted by atomic mass is 19.2. The number of hydrogen-bond acceptors (Lipinski definition) is 1. The maximum absolute atomic E-state index is 13.2. The summed E-state index contributed by atoms with van der Waals surface area (Å²) in [4.78, 5) is 10.4. The van der Waals surface area contributed by atoms with Crippen molar-refractivity contribution in [1.29, 1.82) is 0 Å². The van der Waals surface area contributed by atoms with E-state index >= 15 is 0 Å². The molecule has 0 amide bonds. The van der Waals surface area contributed by atoms with Crippen LogP contribution < -0.4 is 0 Å². The topological polar surface area (TPSA) is 37.3 Å². The zero-order valence-corrected chi connectivity index (χ0v) is 8.64. The molecule has 0 unspecified atom stereocenters. The predicted octanol–water partition coefficient (Wildman–Crippen LogP) is 2.76. The molecule has 0 radical (unpaired) electrons. The number of aliphatic carboxylic acids is 1. The molecule has 5 heteroatoms. The van der Waals surface area contributed by atoms with Crippen molar-refractivity contribution < 1.29 is 23.1 Å². The molecule has 88 valence electrons. The zero-order valence-electron chi connectivity index (χ0n) is 8.64. The highest BCUT2D eigenvalue weighted by molar-refractivity contribution is 5.67. The van der Waals surface area contributed by atoms with E-state index in [9.17, 15) is 18.0 Å². The van der Waals surface area contributed by atoms with Gasteiger partial charge in [0, 0.05) is 12.5 Å². The van der Waals surface area contributed by atoms with Gasteiger partial charge in [0.2, 0.25) is 0 Å². The molecular formula is C11H11F3O2. The Morgan fingerprint density at radius 3 is 2.38 bits per heavy atom. The summed E-state index contributed by atoms with van der Waals surface area (Å²) in [5, 5.41) is 8.50. The van der Waals surface area contributed by atoms with E-state index in [1.165, 1.54) is 0 Å². The van der Waals surface area contributed by atoms with Crippen LogP contribution in [0.2, 0.25) is 0 Å². The van der Waals surface area contributed by atoms with Crippen LogP contribution in [0.1, 0.15) is 18.9 Å². The summed E-state index contributed by atoms with van der Waals surface area (Å²) in [5.41, 5.74) is -0.00681. The Morgan fingerprint density at radius 1 is 1.25 bits per heavy atom. The zero-order chi connectivity index (χ0) is 12.3. The van der Waals surface area contributed by atoms with Crippen LogP contribution in [-0.2, 0) is 11.2 Å². The Bertz CT molecular complexity index is 404.